The van der Waals surface area contributed by atoms with E-state index in [2.05, 4.69) is 5.32 Å². The Hall–Kier alpha value is -4.26. The van der Waals surface area contributed by atoms with Gasteiger partial charge in [-0.3, -0.25) is 14.5 Å². The Balaban J connectivity index is 1.34. The second-order valence-electron chi connectivity index (χ2n) is 8.07. The van der Waals surface area contributed by atoms with E-state index in [-0.39, 0.29) is 30.2 Å². The zero-order chi connectivity index (χ0) is 23.5. The molecule has 2 aliphatic rings. The molecule has 2 heterocycles. The predicted molar refractivity (Wildman–Crippen MR) is 128 cm³/mol. The number of nitrogens with one attached hydrogen (secondary N) is 1. The van der Waals surface area contributed by atoms with E-state index in [1.807, 2.05) is 67.6 Å². The molecule has 0 aliphatic carbocycles. The number of fused-ring (bicyclic) bond motifs is 2. The molecule has 3 aromatic rings. The molecule has 34 heavy (non-hydrogen) atoms. The molecule has 0 spiro atoms. The smallest absolute Gasteiger partial charge is 0.294 e. The van der Waals surface area contributed by atoms with Gasteiger partial charge in [0.15, 0.2) is 23.0 Å². The zero-order valence-electron chi connectivity index (χ0n) is 18.7. The van der Waals surface area contributed by atoms with Gasteiger partial charge in [0.25, 0.3) is 5.91 Å². The minimum Gasteiger partial charge on any atom is -0.486 e. The number of rotatable bonds is 5. The van der Waals surface area contributed by atoms with Gasteiger partial charge in [-0.2, -0.15) is 0 Å². The Kier molecular flexibility index (Phi) is 5.91. The number of carbonyl (C=O) groups excluding carboxylic acids is 2. The summed E-state index contributed by atoms with van der Waals surface area (Å²) >= 11 is 0. The van der Waals surface area contributed by atoms with Crippen LogP contribution in [0.15, 0.2) is 78.6 Å². The lowest BCUT2D eigenvalue weighted by Crippen LogP contribution is -2.44. The van der Waals surface area contributed by atoms with E-state index in [0.717, 1.165) is 11.1 Å². The number of hydrogen-bond acceptors (Lipinski definition) is 5. The number of amides is 2. The van der Waals surface area contributed by atoms with E-state index < -0.39 is 0 Å². The van der Waals surface area contributed by atoms with Crippen molar-refractivity contribution in [1.82, 2.24) is 5.32 Å². The van der Waals surface area contributed by atoms with Crippen LogP contribution in [0.4, 0.5) is 5.69 Å². The third-order valence-electron chi connectivity index (χ3n) is 5.67. The van der Waals surface area contributed by atoms with Gasteiger partial charge >= 0.3 is 0 Å². The van der Waals surface area contributed by atoms with Crippen molar-refractivity contribution in [1.29, 1.82) is 0 Å². The molecule has 5 rings (SSSR count). The Bertz CT molecular complexity index is 1250. The standard InChI is InChI=1S/C27H24N2O5/c1-18(20-11-12-23-24(16-20)33-14-13-32-23)28-26(30)17-29-21-9-5-6-10-22(21)34-25(27(29)31)15-19-7-3-2-4-8-19/h2-12,15-16,18H,13-14,17H2,1H3,(H,28,30)/b25-15+/t18-/m1/s1. The number of nitrogens with zero attached hydrogens (tertiary/aromatic N) is 1. The molecule has 0 aromatic heterocycles. The first-order valence-electron chi connectivity index (χ1n) is 11.1. The van der Waals surface area contributed by atoms with E-state index in [0.29, 0.717) is 36.1 Å². The van der Waals surface area contributed by atoms with Crippen molar-refractivity contribution < 1.29 is 23.8 Å². The van der Waals surface area contributed by atoms with Crippen LogP contribution in [0.25, 0.3) is 6.08 Å². The Morgan fingerprint density at radius 2 is 1.71 bits per heavy atom. The maximum Gasteiger partial charge on any atom is 0.294 e. The van der Waals surface area contributed by atoms with E-state index in [1.54, 1.807) is 18.2 Å². The Morgan fingerprint density at radius 3 is 2.53 bits per heavy atom. The van der Waals surface area contributed by atoms with Crippen molar-refractivity contribution in [3.8, 4) is 17.2 Å². The molecule has 1 N–H and O–H groups in total. The van der Waals surface area contributed by atoms with Crippen LogP contribution in [0.3, 0.4) is 0 Å². The van der Waals surface area contributed by atoms with Crippen LogP contribution in [0.2, 0.25) is 0 Å². The van der Waals surface area contributed by atoms with E-state index in [9.17, 15) is 9.59 Å². The van der Waals surface area contributed by atoms with Crippen LogP contribution in [-0.2, 0) is 9.59 Å². The van der Waals surface area contributed by atoms with Gasteiger partial charge in [-0.05, 0) is 48.4 Å². The number of hydrogen-bond donors (Lipinski definition) is 1. The molecule has 0 unspecified atom stereocenters. The molecule has 0 bridgehead atoms. The van der Waals surface area contributed by atoms with Gasteiger partial charge in [-0.15, -0.1) is 0 Å². The lowest BCUT2D eigenvalue weighted by molar-refractivity contribution is -0.123. The average molecular weight is 456 g/mol. The number of para-hydroxylation sites is 2. The lowest BCUT2D eigenvalue weighted by atomic mass is 10.1. The summed E-state index contributed by atoms with van der Waals surface area (Å²) in [5.41, 5.74) is 2.28. The summed E-state index contributed by atoms with van der Waals surface area (Å²) in [5, 5.41) is 2.98. The normalized spacial score (nSPS) is 16.4. The van der Waals surface area contributed by atoms with Crippen LogP contribution in [0, 0.1) is 0 Å². The molecule has 2 aliphatic heterocycles. The van der Waals surface area contributed by atoms with Crippen LogP contribution in [0.5, 0.6) is 17.2 Å². The molecule has 0 saturated carbocycles. The van der Waals surface area contributed by atoms with Crippen LogP contribution >= 0.6 is 0 Å². The monoisotopic (exact) mass is 456 g/mol. The first-order valence-corrected chi connectivity index (χ1v) is 11.1. The zero-order valence-corrected chi connectivity index (χ0v) is 18.7. The van der Waals surface area contributed by atoms with Gasteiger partial charge in [0.05, 0.1) is 11.7 Å². The first kappa shape index (κ1) is 21.6. The van der Waals surface area contributed by atoms with Gasteiger partial charge in [0.2, 0.25) is 5.91 Å². The largest absolute Gasteiger partial charge is 0.486 e. The molecular formula is C27H24N2O5. The van der Waals surface area contributed by atoms with E-state index in [4.69, 9.17) is 14.2 Å². The molecule has 1 atom stereocenters. The highest BCUT2D eigenvalue weighted by molar-refractivity contribution is 6.12. The molecule has 0 fully saturated rings. The number of anilines is 1. The van der Waals surface area contributed by atoms with Crippen molar-refractivity contribution in [2.75, 3.05) is 24.7 Å². The predicted octanol–water partition coefficient (Wildman–Crippen LogP) is 4.10. The second-order valence-corrected chi connectivity index (χ2v) is 8.07. The Morgan fingerprint density at radius 1 is 0.971 bits per heavy atom. The summed E-state index contributed by atoms with van der Waals surface area (Å²) in [6.45, 7) is 2.77. The highest BCUT2D eigenvalue weighted by Crippen LogP contribution is 2.36. The highest BCUT2D eigenvalue weighted by Gasteiger charge is 2.32. The van der Waals surface area contributed by atoms with E-state index >= 15 is 0 Å². The number of ether oxygens (including phenoxy) is 3. The molecule has 2 amide bonds. The summed E-state index contributed by atoms with van der Waals surface area (Å²) in [7, 11) is 0. The van der Waals surface area contributed by atoms with Crippen molar-refractivity contribution >= 4 is 23.6 Å². The van der Waals surface area contributed by atoms with Gasteiger partial charge in [-0.1, -0.05) is 48.5 Å². The van der Waals surface area contributed by atoms with E-state index in [1.165, 1.54) is 4.90 Å². The van der Waals surface area contributed by atoms with Crippen LogP contribution in [0.1, 0.15) is 24.1 Å². The van der Waals surface area contributed by atoms with Crippen molar-refractivity contribution in [2.45, 2.75) is 13.0 Å². The average Bonchev–Trinajstić information content (AvgIpc) is 2.87. The molecular weight excluding hydrogens is 432 g/mol. The van der Waals surface area contributed by atoms with Gasteiger partial charge in [0.1, 0.15) is 19.8 Å². The topological polar surface area (TPSA) is 77.1 Å². The minimum atomic E-state index is -0.371. The maximum absolute atomic E-state index is 13.3. The van der Waals surface area contributed by atoms with Crippen LogP contribution in [-0.4, -0.2) is 31.6 Å². The van der Waals surface area contributed by atoms with Crippen molar-refractivity contribution in [2.24, 2.45) is 0 Å². The number of benzene rings is 3. The summed E-state index contributed by atoms with van der Waals surface area (Å²) in [6, 6.07) is 22.0. The van der Waals surface area contributed by atoms with Crippen molar-refractivity contribution in [3.63, 3.8) is 0 Å². The fourth-order valence-corrected chi connectivity index (χ4v) is 3.96. The molecule has 3 aromatic carbocycles. The highest BCUT2D eigenvalue weighted by atomic mass is 16.6. The quantitative estimate of drug-likeness (QED) is 0.585. The molecule has 0 saturated heterocycles. The second kappa shape index (κ2) is 9.31. The first-order chi connectivity index (χ1) is 16.6. The molecule has 7 nitrogen and oxygen atoms in total. The lowest BCUT2D eigenvalue weighted by Gasteiger charge is -2.30. The molecule has 0 radical (unpaired) electrons. The third kappa shape index (κ3) is 4.45. The molecule has 172 valence electrons. The van der Waals surface area contributed by atoms with Crippen molar-refractivity contribution in [3.05, 3.63) is 89.7 Å². The number of carbonyl (C=O) groups is 2. The Labute approximate surface area is 197 Å². The van der Waals surface area contributed by atoms with Gasteiger partial charge < -0.3 is 19.5 Å². The maximum atomic E-state index is 13.3. The summed E-state index contributed by atoms with van der Waals surface area (Å²) < 4.78 is 17.1. The molecule has 7 heteroatoms. The summed E-state index contributed by atoms with van der Waals surface area (Å²) in [6.07, 6.45) is 1.68. The summed E-state index contributed by atoms with van der Waals surface area (Å²) in [5.74, 6) is 1.39. The SMILES string of the molecule is C[C@@H](NC(=O)CN1C(=O)/C(=C\c2ccccc2)Oc2ccccc21)c1ccc2c(c1)OCCO2. The third-order valence-corrected chi connectivity index (χ3v) is 5.67. The van der Waals surface area contributed by atoms with Gasteiger partial charge in [-0.25, -0.2) is 0 Å². The summed E-state index contributed by atoms with van der Waals surface area (Å²) in [4.78, 5) is 27.7. The fraction of sp³-hybridized carbons (Fsp3) is 0.185. The fourth-order valence-electron chi connectivity index (χ4n) is 3.96. The van der Waals surface area contributed by atoms with Gasteiger partial charge in [0, 0.05) is 0 Å². The minimum absolute atomic E-state index is 0.139. The van der Waals surface area contributed by atoms with Crippen LogP contribution < -0.4 is 24.4 Å².